The fourth-order valence-corrected chi connectivity index (χ4v) is 2.58. The van der Waals surface area contributed by atoms with Gasteiger partial charge in [0.15, 0.2) is 0 Å². The van der Waals surface area contributed by atoms with E-state index in [2.05, 4.69) is 31.0 Å². The van der Waals surface area contributed by atoms with Gasteiger partial charge in [-0.1, -0.05) is 6.92 Å². The van der Waals surface area contributed by atoms with Gasteiger partial charge in [-0.3, -0.25) is 9.69 Å². The molecule has 1 aliphatic carbocycles. The number of amides is 1. The fraction of sp³-hybridized carbons (Fsp3) is 0.923. The number of rotatable bonds is 4. The van der Waals surface area contributed by atoms with Crippen molar-refractivity contribution in [3.05, 3.63) is 0 Å². The Morgan fingerprint density at radius 1 is 1.53 bits per heavy atom. The molecule has 2 rings (SSSR count). The molecule has 0 unspecified atom stereocenters. The van der Waals surface area contributed by atoms with Gasteiger partial charge in [-0.05, 0) is 26.2 Å². The van der Waals surface area contributed by atoms with E-state index in [4.69, 9.17) is 4.74 Å². The molecule has 0 aromatic rings. The Hall–Kier alpha value is -0.610. The molecule has 4 atom stereocenters. The molecule has 17 heavy (non-hydrogen) atoms. The molecular weight excluding hydrogens is 216 g/mol. The van der Waals surface area contributed by atoms with E-state index in [1.54, 1.807) is 0 Å². The number of nitrogens with zero attached hydrogens (tertiary/aromatic N) is 1. The molecule has 0 aromatic carbocycles. The van der Waals surface area contributed by atoms with Crippen molar-refractivity contribution in [1.29, 1.82) is 0 Å². The standard InChI is InChI=1S/C13H24N2O2/c1-9-6-12(9)13(16)14-7-10(2)15-4-5-17-8-11(15)3/h9-12H,4-8H2,1-3H3,(H,14,16)/t9-,10-,11-,12+/m1/s1. The van der Waals surface area contributed by atoms with Crippen LogP contribution in [-0.4, -0.2) is 49.2 Å². The van der Waals surface area contributed by atoms with Crippen LogP contribution in [0.1, 0.15) is 27.2 Å². The largest absolute Gasteiger partial charge is 0.379 e. The molecule has 2 aliphatic rings. The van der Waals surface area contributed by atoms with Crippen molar-refractivity contribution in [2.75, 3.05) is 26.3 Å². The summed E-state index contributed by atoms with van der Waals surface area (Å²) < 4.78 is 5.42. The average molecular weight is 240 g/mol. The van der Waals surface area contributed by atoms with E-state index >= 15 is 0 Å². The number of hydrogen-bond acceptors (Lipinski definition) is 3. The molecule has 1 amide bonds. The maximum Gasteiger partial charge on any atom is 0.223 e. The van der Waals surface area contributed by atoms with Crippen LogP contribution in [0, 0.1) is 11.8 Å². The zero-order chi connectivity index (χ0) is 12.4. The van der Waals surface area contributed by atoms with Gasteiger partial charge in [0.25, 0.3) is 0 Å². The van der Waals surface area contributed by atoms with Gasteiger partial charge < -0.3 is 10.1 Å². The molecule has 1 heterocycles. The molecule has 4 nitrogen and oxygen atoms in total. The Bertz CT molecular complexity index is 283. The van der Waals surface area contributed by atoms with Crippen LogP contribution in [0.2, 0.25) is 0 Å². The zero-order valence-electron chi connectivity index (χ0n) is 11.1. The molecule has 1 saturated carbocycles. The number of ether oxygens (including phenoxy) is 1. The summed E-state index contributed by atoms with van der Waals surface area (Å²) in [5.41, 5.74) is 0. The topological polar surface area (TPSA) is 41.6 Å². The molecule has 1 saturated heterocycles. The van der Waals surface area contributed by atoms with Crippen molar-refractivity contribution in [1.82, 2.24) is 10.2 Å². The Kier molecular flexibility index (Phi) is 4.05. The molecular formula is C13H24N2O2. The van der Waals surface area contributed by atoms with Crippen LogP contribution < -0.4 is 5.32 Å². The number of carbonyl (C=O) groups is 1. The van der Waals surface area contributed by atoms with Crippen molar-refractivity contribution in [2.45, 2.75) is 39.3 Å². The minimum absolute atomic E-state index is 0.241. The second-order valence-electron chi connectivity index (χ2n) is 5.58. The second kappa shape index (κ2) is 5.36. The Balaban J connectivity index is 1.72. The summed E-state index contributed by atoms with van der Waals surface area (Å²) in [4.78, 5) is 14.1. The Labute approximate surface area is 104 Å². The van der Waals surface area contributed by atoms with E-state index in [-0.39, 0.29) is 11.8 Å². The molecule has 0 aromatic heterocycles. The van der Waals surface area contributed by atoms with Gasteiger partial charge in [0.2, 0.25) is 5.91 Å². The molecule has 98 valence electrons. The molecule has 4 heteroatoms. The van der Waals surface area contributed by atoms with Crippen LogP contribution in [0.5, 0.6) is 0 Å². The number of nitrogens with one attached hydrogen (secondary N) is 1. The lowest BCUT2D eigenvalue weighted by Crippen LogP contribution is -2.52. The summed E-state index contributed by atoms with van der Waals surface area (Å²) in [7, 11) is 0. The summed E-state index contributed by atoms with van der Waals surface area (Å²) in [5, 5.41) is 3.07. The summed E-state index contributed by atoms with van der Waals surface area (Å²) in [6.07, 6.45) is 1.06. The third-order valence-electron chi connectivity index (χ3n) is 4.00. The third-order valence-corrected chi connectivity index (χ3v) is 4.00. The predicted octanol–water partition coefficient (Wildman–Crippen LogP) is 0.868. The molecule has 0 bridgehead atoms. The van der Waals surface area contributed by atoms with Gasteiger partial charge in [0, 0.05) is 31.1 Å². The first-order chi connectivity index (χ1) is 8.09. The molecule has 1 N–H and O–H groups in total. The molecule has 2 fully saturated rings. The highest BCUT2D eigenvalue weighted by molar-refractivity contribution is 5.81. The molecule has 1 aliphatic heterocycles. The van der Waals surface area contributed by atoms with Crippen LogP contribution in [-0.2, 0) is 9.53 Å². The number of hydrogen-bond donors (Lipinski definition) is 1. The van der Waals surface area contributed by atoms with Crippen molar-refractivity contribution < 1.29 is 9.53 Å². The highest BCUT2D eigenvalue weighted by Crippen LogP contribution is 2.37. The van der Waals surface area contributed by atoms with Crippen molar-refractivity contribution in [3.63, 3.8) is 0 Å². The highest BCUT2D eigenvalue weighted by atomic mass is 16.5. The smallest absolute Gasteiger partial charge is 0.223 e. The van der Waals surface area contributed by atoms with Gasteiger partial charge >= 0.3 is 0 Å². The first kappa shape index (κ1) is 12.8. The first-order valence-electron chi connectivity index (χ1n) is 6.70. The van der Waals surface area contributed by atoms with Gasteiger partial charge in [-0.2, -0.15) is 0 Å². The van der Waals surface area contributed by atoms with Crippen molar-refractivity contribution >= 4 is 5.91 Å². The normalized spacial score (nSPS) is 35.4. The second-order valence-corrected chi connectivity index (χ2v) is 5.58. The van der Waals surface area contributed by atoms with Crippen molar-refractivity contribution in [2.24, 2.45) is 11.8 Å². The van der Waals surface area contributed by atoms with Gasteiger partial charge in [-0.25, -0.2) is 0 Å². The summed E-state index contributed by atoms with van der Waals surface area (Å²) in [6, 6.07) is 0.849. The highest BCUT2D eigenvalue weighted by Gasteiger charge is 2.39. The minimum Gasteiger partial charge on any atom is -0.379 e. The summed E-state index contributed by atoms with van der Waals surface area (Å²) in [5.74, 6) is 1.11. The maximum atomic E-state index is 11.7. The van der Waals surface area contributed by atoms with E-state index in [1.165, 1.54) is 0 Å². The summed E-state index contributed by atoms with van der Waals surface area (Å²) >= 11 is 0. The third kappa shape index (κ3) is 3.19. The van der Waals surface area contributed by atoms with E-state index < -0.39 is 0 Å². The van der Waals surface area contributed by atoms with Crippen LogP contribution in [0.4, 0.5) is 0 Å². The van der Waals surface area contributed by atoms with Gasteiger partial charge in [-0.15, -0.1) is 0 Å². The molecule has 0 radical (unpaired) electrons. The minimum atomic E-state index is 0.241. The van der Waals surface area contributed by atoms with E-state index in [1.807, 2.05) is 0 Å². The SMILES string of the molecule is C[C@@H]1C[C@@H]1C(=O)NC[C@@H](C)N1CCOC[C@H]1C. The maximum absolute atomic E-state index is 11.7. The first-order valence-corrected chi connectivity index (χ1v) is 6.70. The lowest BCUT2D eigenvalue weighted by Gasteiger charge is -2.37. The Morgan fingerprint density at radius 3 is 2.82 bits per heavy atom. The van der Waals surface area contributed by atoms with Crippen LogP contribution >= 0.6 is 0 Å². The summed E-state index contributed by atoms with van der Waals surface area (Å²) in [6.45, 7) is 9.83. The quantitative estimate of drug-likeness (QED) is 0.793. The Morgan fingerprint density at radius 2 is 2.24 bits per heavy atom. The number of carbonyl (C=O) groups excluding carboxylic acids is 1. The van der Waals surface area contributed by atoms with Crippen LogP contribution in [0.25, 0.3) is 0 Å². The zero-order valence-corrected chi connectivity index (χ0v) is 11.1. The van der Waals surface area contributed by atoms with E-state index in [0.29, 0.717) is 18.0 Å². The van der Waals surface area contributed by atoms with E-state index in [9.17, 15) is 4.79 Å². The van der Waals surface area contributed by atoms with Gasteiger partial charge in [0.05, 0.1) is 13.2 Å². The van der Waals surface area contributed by atoms with Crippen LogP contribution in [0.3, 0.4) is 0 Å². The lowest BCUT2D eigenvalue weighted by atomic mass is 10.2. The average Bonchev–Trinajstić information content (AvgIpc) is 3.03. The lowest BCUT2D eigenvalue weighted by molar-refractivity contribution is -0.123. The fourth-order valence-electron chi connectivity index (χ4n) is 2.58. The van der Waals surface area contributed by atoms with Gasteiger partial charge in [0.1, 0.15) is 0 Å². The number of morpholine rings is 1. The van der Waals surface area contributed by atoms with E-state index in [0.717, 1.165) is 32.7 Å². The van der Waals surface area contributed by atoms with Crippen molar-refractivity contribution in [3.8, 4) is 0 Å². The predicted molar refractivity (Wildman–Crippen MR) is 66.7 cm³/mol. The monoisotopic (exact) mass is 240 g/mol. The van der Waals surface area contributed by atoms with Crippen LogP contribution in [0.15, 0.2) is 0 Å². The molecule has 0 spiro atoms.